The Hall–Kier alpha value is -4.21. The molecule has 0 saturated carbocycles. The molecule has 1 fully saturated rings. The van der Waals surface area contributed by atoms with Crippen LogP contribution in [0.4, 0.5) is 16.2 Å². The van der Waals surface area contributed by atoms with Crippen LogP contribution >= 0.6 is 0 Å². The first kappa shape index (κ1) is 28.3. The van der Waals surface area contributed by atoms with Gasteiger partial charge in [0.15, 0.2) is 0 Å². The number of ether oxygens (including phenoxy) is 1. The largest absolute Gasteiger partial charge is 0.491 e. The van der Waals surface area contributed by atoms with Crippen LogP contribution in [0.25, 0.3) is 11.1 Å². The van der Waals surface area contributed by atoms with Crippen LogP contribution in [0.5, 0.6) is 5.75 Å². The van der Waals surface area contributed by atoms with Crippen molar-refractivity contribution in [3.63, 3.8) is 0 Å². The number of nitrogens with one attached hydrogen (secondary N) is 6. The van der Waals surface area contributed by atoms with Crippen molar-refractivity contribution in [2.45, 2.75) is 45.7 Å². The number of urea groups is 1. The summed E-state index contributed by atoms with van der Waals surface area (Å²) in [7, 11) is 0. The highest BCUT2D eigenvalue weighted by atomic mass is 16.5. The smallest absolute Gasteiger partial charge is 0.323 e. The molecule has 0 aromatic heterocycles. The van der Waals surface area contributed by atoms with Gasteiger partial charge in [-0.05, 0) is 66.3 Å². The molecular formula is C33H38N6O2. The van der Waals surface area contributed by atoms with Crippen LogP contribution in [0.2, 0.25) is 0 Å². The zero-order valence-electron chi connectivity index (χ0n) is 23.8. The van der Waals surface area contributed by atoms with Gasteiger partial charge in [0.25, 0.3) is 0 Å². The Morgan fingerprint density at radius 2 is 1.59 bits per heavy atom. The van der Waals surface area contributed by atoms with E-state index < -0.39 is 0 Å². The maximum Gasteiger partial charge on any atom is 0.323 e. The Labute approximate surface area is 241 Å². The van der Waals surface area contributed by atoms with Gasteiger partial charge in [0.1, 0.15) is 11.9 Å². The molecule has 4 aromatic rings. The minimum absolute atomic E-state index is 0.0712. The molecule has 1 aliphatic rings. The molecule has 4 aromatic carbocycles. The number of benzene rings is 4. The van der Waals surface area contributed by atoms with Crippen LogP contribution in [0.15, 0.2) is 91.0 Å². The molecule has 5 rings (SSSR count). The first-order valence-electron chi connectivity index (χ1n) is 14.2. The summed E-state index contributed by atoms with van der Waals surface area (Å²) in [6, 6.07) is 30.3. The van der Waals surface area contributed by atoms with E-state index in [1.807, 2.05) is 55.5 Å². The third-order valence-corrected chi connectivity index (χ3v) is 7.19. The molecular weight excluding hydrogens is 512 g/mol. The fourth-order valence-electron chi connectivity index (χ4n) is 5.19. The fourth-order valence-corrected chi connectivity index (χ4v) is 5.19. The Balaban J connectivity index is 1.63. The lowest BCUT2D eigenvalue weighted by atomic mass is 9.85. The Morgan fingerprint density at radius 3 is 2.29 bits per heavy atom. The van der Waals surface area contributed by atoms with Crippen molar-refractivity contribution in [1.29, 1.82) is 0 Å². The van der Waals surface area contributed by atoms with Gasteiger partial charge in [-0.2, -0.15) is 11.1 Å². The second kappa shape index (κ2) is 13.4. The number of hydrogen-bond acceptors (Lipinski definition) is 6. The minimum atomic E-state index is -0.327. The third-order valence-electron chi connectivity index (χ3n) is 7.19. The second-order valence-corrected chi connectivity index (χ2v) is 10.2. The Morgan fingerprint density at radius 1 is 0.878 bits per heavy atom. The molecule has 8 nitrogen and oxygen atoms in total. The van der Waals surface area contributed by atoms with Crippen molar-refractivity contribution in [2.24, 2.45) is 0 Å². The molecule has 0 radical (unpaired) electrons. The molecule has 6 N–H and O–H groups in total. The van der Waals surface area contributed by atoms with Crippen molar-refractivity contribution >= 4 is 17.4 Å². The lowest BCUT2D eigenvalue weighted by Crippen LogP contribution is -2.33. The molecule has 2 amide bonds. The van der Waals surface area contributed by atoms with Crippen LogP contribution in [-0.4, -0.2) is 12.6 Å². The monoisotopic (exact) mass is 550 g/mol. The van der Waals surface area contributed by atoms with Gasteiger partial charge in [0, 0.05) is 17.2 Å². The first-order chi connectivity index (χ1) is 20.1. The van der Waals surface area contributed by atoms with Crippen LogP contribution in [0.1, 0.15) is 61.0 Å². The summed E-state index contributed by atoms with van der Waals surface area (Å²) in [5.74, 6) is 0.769. The summed E-state index contributed by atoms with van der Waals surface area (Å²) in [6.07, 6.45) is 1.56. The van der Waals surface area contributed by atoms with Crippen molar-refractivity contribution in [1.82, 2.24) is 21.9 Å². The number of hydrazine groups is 3. The molecule has 1 unspecified atom stereocenters. The number of carbonyl (C=O) groups excluding carboxylic acids is 1. The maximum atomic E-state index is 13.3. The van der Waals surface area contributed by atoms with E-state index in [4.69, 9.17) is 4.74 Å². The highest BCUT2D eigenvalue weighted by Crippen LogP contribution is 2.43. The molecule has 1 heterocycles. The van der Waals surface area contributed by atoms with Gasteiger partial charge in [0.2, 0.25) is 0 Å². The summed E-state index contributed by atoms with van der Waals surface area (Å²) in [4.78, 5) is 13.3. The zero-order valence-corrected chi connectivity index (χ0v) is 23.8. The van der Waals surface area contributed by atoms with E-state index >= 15 is 0 Å². The highest BCUT2D eigenvalue weighted by molar-refractivity contribution is 6.01. The number of anilines is 2. The molecule has 1 atom stereocenters. The van der Waals surface area contributed by atoms with Gasteiger partial charge in [-0.15, -0.1) is 0 Å². The molecule has 0 spiro atoms. The standard InChI is InChI=1S/C33H38N6O2/c1-4-19-41-31-29(26(5-2)23-11-7-6-8-12-23)20-24(27-13-9-10-14-28(27)32-36-38-39-37-32)21-30(31)35-33(40)34-25-17-15-22(3)16-18-25/h6-18,20-21,26,32,36-39H,4-5,19H2,1-3H3,(H2,34,35,40). The van der Waals surface area contributed by atoms with E-state index in [9.17, 15) is 4.79 Å². The summed E-state index contributed by atoms with van der Waals surface area (Å²) >= 11 is 0. The number of aryl methyl sites for hydroxylation is 1. The summed E-state index contributed by atoms with van der Waals surface area (Å²) < 4.78 is 6.42. The molecule has 41 heavy (non-hydrogen) atoms. The van der Waals surface area contributed by atoms with E-state index in [1.165, 1.54) is 5.56 Å². The van der Waals surface area contributed by atoms with Crippen LogP contribution in [0.3, 0.4) is 0 Å². The van der Waals surface area contributed by atoms with E-state index in [0.717, 1.165) is 46.3 Å². The van der Waals surface area contributed by atoms with E-state index in [2.05, 4.69) is 88.9 Å². The maximum absolute atomic E-state index is 13.3. The van der Waals surface area contributed by atoms with Crippen molar-refractivity contribution in [3.8, 4) is 16.9 Å². The van der Waals surface area contributed by atoms with Gasteiger partial charge >= 0.3 is 6.03 Å². The third kappa shape index (κ3) is 6.75. The van der Waals surface area contributed by atoms with Crippen LogP contribution < -0.4 is 37.3 Å². The number of rotatable bonds is 10. The Kier molecular flexibility index (Phi) is 9.28. The lowest BCUT2D eigenvalue weighted by molar-refractivity contribution is 0.261. The van der Waals surface area contributed by atoms with Crippen molar-refractivity contribution < 1.29 is 9.53 Å². The fraction of sp³-hybridized carbons (Fsp3) is 0.242. The normalized spacial score (nSPS) is 14.0. The predicted molar refractivity (Wildman–Crippen MR) is 165 cm³/mol. The predicted octanol–water partition coefficient (Wildman–Crippen LogP) is 6.75. The zero-order chi connectivity index (χ0) is 28.6. The van der Waals surface area contributed by atoms with Crippen LogP contribution in [0, 0.1) is 6.92 Å². The molecule has 0 bridgehead atoms. The molecule has 0 aliphatic carbocycles. The van der Waals surface area contributed by atoms with E-state index in [0.29, 0.717) is 18.0 Å². The average Bonchev–Trinajstić information content (AvgIpc) is 3.54. The molecule has 8 heteroatoms. The quantitative estimate of drug-likeness (QED) is 0.131. The minimum Gasteiger partial charge on any atom is -0.491 e. The van der Waals surface area contributed by atoms with Crippen LogP contribution in [-0.2, 0) is 0 Å². The topological polar surface area (TPSA) is 98.5 Å². The van der Waals surface area contributed by atoms with Gasteiger partial charge in [-0.3, -0.25) is 0 Å². The molecule has 1 aliphatic heterocycles. The van der Waals surface area contributed by atoms with E-state index in [1.54, 1.807) is 0 Å². The summed E-state index contributed by atoms with van der Waals surface area (Å²) in [5, 5.41) is 6.09. The molecule has 212 valence electrons. The van der Waals surface area contributed by atoms with Gasteiger partial charge in [-0.25, -0.2) is 15.6 Å². The molecule has 1 saturated heterocycles. The number of carbonyl (C=O) groups is 1. The van der Waals surface area contributed by atoms with E-state index in [-0.39, 0.29) is 18.1 Å². The SMILES string of the molecule is CCCOc1c(NC(=O)Nc2ccc(C)cc2)cc(-c2ccccc2C2NNNN2)cc1C(CC)c1ccccc1. The van der Waals surface area contributed by atoms with Gasteiger partial charge in [0.05, 0.1) is 12.3 Å². The van der Waals surface area contributed by atoms with Crippen molar-refractivity contribution in [2.75, 3.05) is 17.2 Å². The van der Waals surface area contributed by atoms with Gasteiger partial charge < -0.3 is 15.4 Å². The number of amides is 2. The van der Waals surface area contributed by atoms with Crippen molar-refractivity contribution in [3.05, 3.63) is 113 Å². The first-order valence-corrected chi connectivity index (χ1v) is 14.2. The highest BCUT2D eigenvalue weighted by Gasteiger charge is 2.25. The summed E-state index contributed by atoms with van der Waals surface area (Å²) in [6.45, 7) is 6.82. The Bertz CT molecular complexity index is 1450. The lowest BCUT2D eigenvalue weighted by Gasteiger charge is -2.25. The van der Waals surface area contributed by atoms with Gasteiger partial charge in [-0.1, -0.05) is 86.1 Å². The number of hydrogen-bond donors (Lipinski definition) is 6. The average molecular weight is 551 g/mol. The second-order valence-electron chi connectivity index (χ2n) is 10.2. The summed E-state index contributed by atoms with van der Waals surface area (Å²) in [5.41, 5.74) is 20.0.